The van der Waals surface area contributed by atoms with Gasteiger partial charge in [0.05, 0.1) is 23.9 Å². The van der Waals surface area contributed by atoms with E-state index in [-0.39, 0.29) is 35.4 Å². The van der Waals surface area contributed by atoms with Gasteiger partial charge in [-0.25, -0.2) is 9.50 Å². The molecule has 1 amide bonds. The van der Waals surface area contributed by atoms with Gasteiger partial charge in [0, 0.05) is 68.4 Å². The van der Waals surface area contributed by atoms with Crippen LogP contribution in [0.5, 0.6) is 5.75 Å². The first-order chi connectivity index (χ1) is 23.6. The summed E-state index contributed by atoms with van der Waals surface area (Å²) in [6, 6.07) is 6.06. The molecule has 0 atom stereocenters. The fourth-order valence-electron chi connectivity index (χ4n) is 6.26. The monoisotopic (exact) mass is 699 g/mol. The molecular weight excluding hydrogens is 660 g/mol. The van der Waals surface area contributed by atoms with E-state index in [1.807, 2.05) is 18.7 Å². The van der Waals surface area contributed by atoms with Gasteiger partial charge in [-0.3, -0.25) is 19.2 Å². The number of hydrogen-bond donors (Lipinski definition) is 1. The number of fused-ring (bicyclic) bond motifs is 1. The second-order valence-corrected chi connectivity index (χ2v) is 13.0. The van der Waals surface area contributed by atoms with E-state index in [0.717, 1.165) is 52.1 Å². The Bertz CT molecular complexity index is 1770. The molecule has 0 radical (unpaired) electrons. The van der Waals surface area contributed by atoms with Crippen LogP contribution in [0.4, 0.5) is 20.2 Å². The van der Waals surface area contributed by atoms with E-state index in [2.05, 4.69) is 30.3 Å². The maximum Gasteiger partial charge on any atom is 0.387 e. The van der Waals surface area contributed by atoms with E-state index in [0.29, 0.717) is 41.7 Å². The summed E-state index contributed by atoms with van der Waals surface area (Å²) in [4.78, 5) is 36.8. The Labute approximate surface area is 287 Å². The van der Waals surface area contributed by atoms with E-state index >= 15 is 0 Å². The fourth-order valence-corrected chi connectivity index (χ4v) is 6.43. The highest BCUT2D eigenvalue weighted by Crippen LogP contribution is 2.38. The number of halogens is 3. The first-order valence-electron chi connectivity index (χ1n) is 16.4. The molecule has 0 saturated carbocycles. The Morgan fingerprint density at radius 1 is 1.06 bits per heavy atom. The number of hydrogen-bond acceptors (Lipinski definition) is 10. The summed E-state index contributed by atoms with van der Waals surface area (Å²) in [6.07, 6.45) is 8.19. The van der Waals surface area contributed by atoms with Crippen LogP contribution in [0, 0.1) is 5.41 Å². The molecule has 5 heterocycles. The third-order valence-electron chi connectivity index (χ3n) is 9.21. The van der Waals surface area contributed by atoms with Gasteiger partial charge in [-0.15, -0.1) is 0 Å². The highest BCUT2D eigenvalue weighted by molar-refractivity contribution is 6.31. The lowest BCUT2D eigenvalue weighted by Gasteiger charge is -2.39. The van der Waals surface area contributed by atoms with Crippen LogP contribution in [-0.4, -0.2) is 117 Å². The molecule has 2 aliphatic rings. The quantitative estimate of drug-likeness (QED) is 0.213. The third kappa shape index (κ3) is 8.11. The van der Waals surface area contributed by atoms with Gasteiger partial charge >= 0.3 is 12.6 Å². The van der Waals surface area contributed by atoms with Gasteiger partial charge < -0.3 is 24.6 Å². The van der Waals surface area contributed by atoms with Crippen molar-refractivity contribution in [2.75, 3.05) is 64.3 Å². The molecule has 49 heavy (non-hydrogen) atoms. The Morgan fingerprint density at radius 3 is 2.51 bits per heavy atom. The number of esters is 1. The number of alkyl halides is 2. The molecule has 0 bridgehead atoms. The van der Waals surface area contributed by atoms with Crippen LogP contribution < -0.4 is 10.1 Å². The van der Waals surface area contributed by atoms with Gasteiger partial charge in [-0.05, 0) is 64.0 Å². The van der Waals surface area contributed by atoms with Gasteiger partial charge in [0.1, 0.15) is 23.7 Å². The summed E-state index contributed by atoms with van der Waals surface area (Å²) in [5, 5.41) is 12.5. The van der Waals surface area contributed by atoms with Crippen molar-refractivity contribution < 1.29 is 27.8 Å². The number of piperazine rings is 1. The molecule has 2 aliphatic heterocycles. The number of carbonyl (C=O) groups excluding carboxylic acids is 2. The number of ether oxygens (including phenoxy) is 2. The molecule has 4 aromatic rings. The maximum absolute atomic E-state index is 13.5. The molecular formula is C33H40ClF2N9O4. The predicted octanol–water partition coefficient (Wildman–Crippen LogP) is 4.40. The number of nitrogens with one attached hydrogen (secondary N) is 1. The van der Waals surface area contributed by atoms with Crippen molar-refractivity contribution in [1.82, 2.24) is 39.1 Å². The second-order valence-electron chi connectivity index (χ2n) is 12.5. The number of amides is 1. The molecule has 1 aromatic carbocycles. The molecule has 0 unspecified atom stereocenters. The van der Waals surface area contributed by atoms with Gasteiger partial charge in [-0.2, -0.15) is 19.0 Å². The minimum atomic E-state index is -3.06. The average molecular weight is 700 g/mol. The summed E-state index contributed by atoms with van der Waals surface area (Å²) < 4.78 is 39.8. The number of benzene rings is 1. The number of likely N-dealkylation sites (tertiary alicyclic amines) is 1. The number of piperidine rings is 1. The zero-order valence-corrected chi connectivity index (χ0v) is 28.3. The molecule has 13 nitrogen and oxygen atoms in total. The van der Waals surface area contributed by atoms with Gasteiger partial charge in [0.2, 0.25) is 5.91 Å². The largest absolute Gasteiger partial charge is 0.466 e. The Morgan fingerprint density at radius 2 is 1.80 bits per heavy atom. The molecule has 6 rings (SSSR count). The lowest BCUT2D eigenvalue weighted by Crippen LogP contribution is -2.52. The van der Waals surface area contributed by atoms with Gasteiger partial charge in [-0.1, -0.05) is 11.6 Å². The van der Waals surface area contributed by atoms with E-state index in [1.165, 1.54) is 22.9 Å². The maximum atomic E-state index is 13.5. The summed E-state index contributed by atoms with van der Waals surface area (Å²) in [7, 11) is 0. The number of carbonyl (C=O) groups is 2. The zero-order valence-electron chi connectivity index (χ0n) is 27.5. The van der Waals surface area contributed by atoms with Crippen LogP contribution >= 0.6 is 11.6 Å². The lowest BCUT2D eigenvalue weighted by molar-refractivity contribution is -0.157. The van der Waals surface area contributed by atoms with Crippen LogP contribution in [-0.2, 0) is 20.9 Å². The summed E-state index contributed by atoms with van der Waals surface area (Å²) in [5.74, 6) is -0.318. The van der Waals surface area contributed by atoms with Gasteiger partial charge in [0.15, 0.2) is 5.65 Å². The topological polar surface area (TPSA) is 122 Å². The van der Waals surface area contributed by atoms with Crippen molar-refractivity contribution in [2.45, 2.75) is 39.8 Å². The molecule has 16 heteroatoms. The molecule has 0 spiro atoms. The molecule has 3 aromatic heterocycles. The SMILES string of the molecule is CCOC(=O)C1(C)CCN(CCN2CCN(C(=O)Cn3cc(Nc4cnn5cccnc45)c(-c4cc(Cl)ccc4OC(F)F)n3)CC2)CC1. The smallest absolute Gasteiger partial charge is 0.387 e. The number of rotatable bonds is 12. The highest BCUT2D eigenvalue weighted by Gasteiger charge is 2.38. The Hall–Kier alpha value is -4.34. The van der Waals surface area contributed by atoms with E-state index < -0.39 is 12.0 Å². The minimum Gasteiger partial charge on any atom is -0.466 e. The van der Waals surface area contributed by atoms with Gasteiger partial charge in [0.25, 0.3) is 0 Å². The van der Waals surface area contributed by atoms with Crippen LogP contribution in [0.25, 0.3) is 16.9 Å². The fraction of sp³-hybridized carbons (Fsp3) is 0.485. The number of nitrogens with zero attached hydrogens (tertiary/aromatic N) is 8. The predicted molar refractivity (Wildman–Crippen MR) is 179 cm³/mol. The van der Waals surface area contributed by atoms with Crippen LogP contribution in [0.1, 0.15) is 26.7 Å². The molecule has 262 valence electrons. The molecule has 1 N–H and O–H groups in total. The molecule has 2 saturated heterocycles. The van der Waals surface area contributed by atoms with Crippen molar-refractivity contribution in [3.05, 3.63) is 54.1 Å². The third-order valence-corrected chi connectivity index (χ3v) is 9.44. The number of anilines is 2. The van der Waals surface area contributed by atoms with E-state index in [4.69, 9.17) is 21.1 Å². The standard InChI is InChI=1S/C33H40ClF2N9O4/c1-3-48-31(47)33(2)7-11-41(12-8-33)13-14-42-15-17-43(18-16-42)28(46)22-44-21-26(39-25-20-38-45-10-4-9-37-30(25)45)29(40-44)24-19-23(34)5-6-27(24)49-32(35)36/h4-6,9-10,19-21,32,39H,3,7-8,11-18,22H2,1-2H3. The average Bonchev–Trinajstić information content (AvgIpc) is 3.69. The molecule has 2 fully saturated rings. The highest BCUT2D eigenvalue weighted by atomic mass is 35.5. The van der Waals surface area contributed by atoms with Crippen molar-refractivity contribution >= 4 is 40.5 Å². The summed E-state index contributed by atoms with van der Waals surface area (Å²) in [6.45, 7) is 7.27. The first-order valence-corrected chi connectivity index (χ1v) is 16.8. The Balaban J connectivity index is 1.10. The van der Waals surface area contributed by atoms with Crippen molar-refractivity contribution in [2.24, 2.45) is 5.41 Å². The van der Waals surface area contributed by atoms with E-state index in [1.54, 1.807) is 35.4 Å². The normalized spacial score (nSPS) is 17.1. The van der Waals surface area contributed by atoms with Crippen LogP contribution in [0.2, 0.25) is 5.02 Å². The number of aromatic nitrogens is 5. The van der Waals surface area contributed by atoms with E-state index in [9.17, 15) is 18.4 Å². The lowest BCUT2D eigenvalue weighted by atomic mass is 9.80. The second kappa shape index (κ2) is 15.0. The van der Waals surface area contributed by atoms with Crippen molar-refractivity contribution in [1.29, 1.82) is 0 Å². The minimum absolute atomic E-state index is 0.0553. The van der Waals surface area contributed by atoms with Crippen molar-refractivity contribution in [3.63, 3.8) is 0 Å². The van der Waals surface area contributed by atoms with Crippen molar-refractivity contribution in [3.8, 4) is 17.0 Å². The summed E-state index contributed by atoms with van der Waals surface area (Å²) in [5.41, 5.74) is 1.62. The molecule has 0 aliphatic carbocycles. The Kier molecular flexibility index (Phi) is 10.6. The summed E-state index contributed by atoms with van der Waals surface area (Å²) >= 11 is 6.27. The zero-order chi connectivity index (χ0) is 34.5. The first kappa shape index (κ1) is 34.5. The van der Waals surface area contributed by atoms with Crippen LogP contribution in [0.3, 0.4) is 0 Å². The van der Waals surface area contributed by atoms with Crippen LogP contribution in [0.15, 0.2) is 49.1 Å².